The summed E-state index contributed by atoms with van der Waals surface area (Å²) < 4.78 is 21.4. The maximum atomic E-state index is 11.0. The Labute approximate surface area is 86.6 Å². The SMILES string of the molecule is O=C1CSc2ccc([SH](=O)=O)cc2N1. The molecule has 0 aliphatic carbocycles. The molecule has 0 saturated heterocycles. The molecule has 6 heteroatoms. The van der Waals surface area contributed by atoms with Crippen LogP contribution in [0.25, 0.3) is 0 Å². The molecule has 4 nitrogen and oxygen atoms in total. The van der Waals surface area contributed by atoms with Crippen LogP contribution < -0.4 is 5.32 Å². The van der Waals surface area contributed by atoms with Crippen molar-refractivity contribution in [3.8, 4) is 0 Å². The lowest BCUT2D eigenvalue weighted by Crippen LogP contribution is -2.18. The predicted molar refractivity (Wildman–Crippen MR) is 54.4 cm³/mol. The van der Waals surface area contributed by atoms with Gasteiger partial charge in [-0.15, -0.1) is 11.8 Å². The quantitative estimate of drug-likeness (QED) is 0.696. The van der Waals surface area contributed by atoms with Crippen LogP contribution in [0.4, 0.5) is 5.69 Å². The summed E-state index contributed by atoms with van der Waals surface area (Å²) in [5.74, 6) is 0.288. The van der Waals surface area contributed by atoms with Gasteiger partial charge in [-0.05, 0) is 18.2 Å². The number of benzene rings is 1. The van der Waals surface area contributed by atoms with E-state index in [4.69, 9.17) is 0 Å². The highest BCUT2D eigenvalue weighted by Crippen LogP contribution is 2.32. The van der Waals surface area contributed by atoms with Crippen LogP contribution in [0.1, 0.15) is 0 Å². The van der Waals surface area contributed by atoms with E-state index in [1.165, 1.54) is 23.9 Å². The van der Waals surface area contributed by atoms with Crippen molar-refractivity contribution in [2.24, 2.45) is 0 Å². The summed E-state index contributed by atoms with van der Waals surface area (Å²) in [6.45, 7) is 0. The molecule has 1 amide bonds. The second kappa shape index (κ2) is 3.62. The Morgan fingerprint density at radius 3 is 2.86 bits per heavy atom. The highest BCUT2D eigenvalue weighted by atomic mass is 32.2. The van der Waals surface area contributed by atoms with Gasteiger partial charge in [0.1, 0.15) is 0 Å². The summed E-state index contributed by atoms with van der Waals surface area (Å²) in [5.41, 5.74) is 0.586. The van der Waals surface area contributed by atoms with E-state index in [0.29, 0.717) is 11.4 Å². The Bertz CT molecular complexity index is 460. The number of rotatable bonds is 1. The number of fused-ring (bicyclic) bond motifs is 1. The van der Waals surface area contributed by atoms with Crippen molar-refractivity contribution < 1.29 is 13.2 Å². The number of carbonyl (C=O) groups is 1. The number of thioether (sulfide) groups is 1. The topological polar surface area (TPSA) is 63.2 Å². The van der Waals surface area contributed by atoms with Gasteiger partial charge in [0.15, 0.2) is 10.7 Å². The molecule has 1 aromatic carbocycles. The first-order chi connectivity index (χ1) is 6.66. The van der Waals surface area contributed by atoms with E-state index in [0.717, 1.165) is 4.90 Å². The van der Waals surface area contributed by atoms with Gasteiger partial charge in [-0.2, -0.15) is 0 Å². The van der Waals surface area contributed by atoms with Gasteiger partial charge in [-0.25, -0.2) is 8.42 Å². The lowest BCUT2D eigenvalue weighted by Gasteiger charge is -2.15. The van der Waals surface area contributed by atoms with Crippen LogP contribution in [-0.4, -0.2) is 20.1 Å². The molecule has 2 rings (SSSR count). The molecule has 0 fully saturated rings. The van der Waals surface area contributed by atoms with E-state index >= 15 is 0 Å². The van der Waals surface area contributed by atoms with Crippen molar-refractivity contribution in [2.75, 3.05) is 11.1 Å². The molecule has 0 unspecified atom stereocenters. The van der Waals surface area contributed by atoms with Crippen LogP contribution in [0.3, 0.4) is 0 Å². The fourth-order valence-corrected chi connectivity index (χ4v) is 2.40. The van der Waals surface area contributed by atoms with Gasteiger partial charge in [-0.1, -0.05) is 0 Å². The molecule has 14 heavy (non-hydrogen) atoms. The van der Waals surface area contributed by atoms with Crippen molar-refractivity contribution >= 4 is 34.1 Å². The molecule has 0 atom stereocenters. The Kier molecular flexibility index (Phi) is 2.47. The second-order valence-electron chi connectivity index (χ2n) is 2.77. The Balaban J connectivity index is 2.47. The smallest absolute Gasteiger partial charge is 0.234 e. The minimum atomic E-state index is -2.59. The molecule has 74 valence electrons. The van der Waals surface area contributed by atoms with Crippen LogP contribution in [0.2, 0.25) is 0 Å². The zero-order chi connectivity index (χ0) is 10.1. The third kappa shape index (κ3) is 1.76. The first-order valence-electron chi connectivity index (χ1n) is 3.88. The van der Waals surface area contributed by atoms with Crippen LogP contribution >= 0.6 is 11.8 Å². The van der Waals surface area contributed by atoms with E-state index in [2.05, 4.69) is 5.32 Å². The summed E-state index contributed by atoms with van der Waals surface area (Å²) in [5, 5.41) is 2.63. The van der Waals surface area contributed by atoms with Crippen LogP contribution in [0.5, 0.6) is 0 Å². The maximum Gasteiger partial charge on any atom is 0.234 e. The summed E-state index contributed by atoms with van der Waals surface area (Å²) in [4.78, 5) is 12.2. The van der Waals surface area contributed by atoms with E-state index in [1.54, 1.807) is 6.07 Å². The lowest BCUT2D eigenvalue weighted by molar-refractivity contribution is -0.113. The third-order valence-electron chi connectivity index (χ3n) is 1.81. The first-order valence-corrected chi connectivity index (χ1v) is 6.04. The molecular weight excluding hydrogens is 222 g/mol. The van der Waals surface area contributed by atoms with Crippen molar-refractivity contribution in [2.45, 2.75) is 9.79 Å². The summed E-state index contributed by atoms with van der Waals surface area (Å²) in [7, 11) is -2.59. The average molecular weight is 229 g/mol. The average Bonchev–Trinajstić information content (AvgIpc) is 2.16. The first kappa shape index (κ1) is 9.54. The molecule has 1 aliphatic heterocycles. The maximum absolute atomic E-state index is 11.0. The molecular formula is C8H7NO3S2. The standard InChI is InChI=1S/C8H7NO3S2/c10-8-4-13-7-2-1-5(14(11)12)3-6(7)9-8/h1-3,14H,4H2,(H,9,10). The fourth-order valence-electron chi connectivity index (χ4n) is 1.18. The van der Waals surface area contributed by atoms with Gasteiger partial charge < -0.3 is 5.32 Å². The monoisotopic (exact) mass is 229 g/mol. The van der Waals surface area contributed by atoms with E-state index < -0.39 is 10.7 Å². The number of amides is 1. The highest BCUT2D eigenvalue weighted by Gasteiger charge is 2.15. The molecule has 0 radical (unpaired) electrons. The molecule has 0 spiro atoms. The van der Waals surface area contributed by atoms with Gasteiger partial charge in [0.2, 0.25) is 5.91 Å². The molecule has 1 N–H and O–H groups in total. The number of carbonyl (C=O) groups excluding carboxylic acids is 1. The Morgan fingerprint density at radius 2 is 2.14 bits per heavy atom. The minimum absolute atomic E-state index is 0.0965. The summed E-state index contributed by atoms with van der Waals surface area (Å²) in [6.07, 6.45) is 0. The lowest BCUT2D eigenvalue weighted by atomic mass is 10.3. The van der Waals surface area contributed by atoms with Gasteiger partial charge in [0.05, 0.1) is 16.3 Å². The fraction of sp³-hybridized carbons (Fsp3) is 0.125. The Hall–Kier alpha value is -1.01. The number of hydrogen-bond donors (Lipinski definition) is 2. The van der Waals surface area contributed by atoms with Crippen LogP contribution in [0, 0.1) is 0 Å². The zero-order valence-corrected chi connectivity index (χ0v) is 8.73. The molecule has 1 aromatic rings. The second-order valence-corrected chi connectivity index (χ2v) is 4.82. The van der Waals surface area contributed by atoms with Gasteiger partial charge in [-0.3, -0.25) is 4.79 Å². The van der Waals surface area contributed by atoms with Crippen LogP contribution in [-0.2, 0) is 15.5 Å². The summed E-state index contributed by atoms with van der Waals surface area (Å²) >= 11 is 1.41. The van der Waals surface area contributed by atoms with E-state index in [-0.39, 0.29) is 10.8 Å². The van der Waals surface area contributed by atoms with E-state index in [1.807, 2.05) is 0 Å². The number of hydrogen-bond acceptors (Lipinski definition) is 4. The molecule has 1 aliphatic rings. The number of nitrogens with one attached hydrogen (secondary N) is 1. The molecule has 0 saturated carbocycles. The van der Waals surface area contributed by atoms with Crippen molar-refractivity contribution in [1.29, 1.82) is 0 Å². The Morgan fingerprint density at radius 1 is 1.36 bits per heavy atom. The van der Waals surface area contributed by atoms with Gasteiger partial charge in [0.25, 0.3) is 0 Å². The summed E-state index contributed by atoms with van der Waals surface area (Å²) in [6, 6.07) is 4.72. The molecule has 0 bridgehead atoms. The molecule has 0 aromatic heterocycles. The highest BCUT2D eigenvalue weighted by molar-refractivity contribution is 8.00. The van der Waals surface area contributed by atoms with E-state index in [9.17, 15) is 13.2 Å². The van der Waals surface area contributed by atoms with Crippen molar-refractivity contribution in [3.05, 3.63) is 18.2 Å². The molecule has 1 heterocycles. The normalized spacial score (nSPS) is 15.1. The minimum Gasteiger partial charge on any atom is -0.324 e. The largest absolute Gasteiger partial charge is 0.324 e. The third-order valence-corrected chi connectivity index (χ3v) is 3.58. The van der Waals surface area contributed by atoms with Crippen molar-refractivity contribution in [1.82, 2.24) is 0 Å². The van der Waals surface area contributed by atoms with Crippen LogP contribution in [0.15, 0.2) is 28.0 Å². The number of anilines is 1. The predicted octanol–water partition coefficient (Wildman–Crippen LogP) is 0.701. The van der Waals surface area contributed by atoms with Gasteiger partial charge >= 0.3 is 0 Å². The van der Waals surface area contributed by atoms with Crippen molar-refractivity contribution in [3.63, 3.8) is 0 Å². The number of thiol groups is 1. The zero-order valence-electron chi connectivity index (χ0n) is 7.02. The van der Waals surface area contributed by atoms with Gasteiger partial charge in [0, 0.05) is 4.90 Å².